The van der Waals surface area contributed by atoms with E-state index in [1.165, 1.54) is 0 Å². The topological polar surface area (TPSA) is 92.4 Å². The van der Waals surface area contributed by atoms with Gasteiger partial charge in [0, 0.05) is 12.5 Å². The van der Waals surface area contributed by atoms with Gasteiger partial charge in [-0.25, -0.2) is 4.79 Å². The SMILES string of the molecule is CC(C)(C)C(N)CC(=O)NC1(C(=O)O)CCCCC1. The average molecular weight is 270 g/mol. The standard InChI is InChI=1S/C14H26N2O3/c1-13(2,3)10(15)9-11(17)16-14(12(18)19)7-5-4-6-8-14/h10H,4-9,15H2,1-3H3,(H,16,17)(H,18,19). The molecule has 0 heterocycles. The van der Waals surface area contributed by atoms with Crippen LogP contribution < -0.4 is 11.1 Å². The lowest BCUT2D eigenvalue weighted by Gasteiger charge is -2.35. The highest BCUT2D eigenvalue weighted by atomic mass is 16.4. The highest BCUT2D eigenvalue weighted by Crippen LogP contribution is 2.29. The number of carbonyl (C=O) groups is 2. The third kappa shape index (κ3) is 4.20. The summed E-state index contributed by atoms with van der Waals surface area (Å²) in [5.41, 5.74) is 4.72. The number of carboxylic acids is 1. The molecule has 1 aliphatic carbocycles. The zero-order valence-electron chi connectivity index (χ0n) is 12.2. The lowest BCUT2D eigenvalue weighted by molar-refractivity contribution is -0.149. The van der Waals surface area contributed by atoms with Gasteiger partial charge in [0.1, 0.15) is 5.54 Å². The fraction of sp³-hybridized carbons (Fsp3) is 0.857. The van der Waals surface area contributed by atoms with Gasteiger partial charge in [-0.15, -0.1) is 0 Å². The fourth-order valence-corrected chi connectivity index (χ4v) is 2.37. The summed E-state index contributed by atoms with van der Waals surface area (Å²) in [4.78, 5) is 23.5. The Morgan fingerprint density at radius 3 is 2.21 bits per heavy atom. The molecule has 0 bridgehead atoms. The number of nitrogens with two attached hydrogens (primary N) is 1. The summed E-state index contributed by atoms with van der Waals surface area (Å²) in [6, 6.07) is -0.276. The first-order chi connectivity index (χ1) is 8.67. The number of carboxylic acid groups (broad SMARTS) is 1. The van der Waals surface area contributed by atoms with Gasteiger partial charge in [-0.1, -0.05) is 40.0 Å². The van der Waals surface area contributed by atoms with Crippen LogP contribution in [0.25, 0.3) is 0 Å². The number of hydrogen-bond acceptors (Lipinski definition) is 3. The molecule has 0 spiro atoms. The molecule has 1 atom stereocenters. The van der Waals surface area contributed by atoms with Crippen LogP contribution in [0, 0.1) is 5.41 Å². The van der Waals surface area contributed by atoms with Crippen LogP contribution in [0.4, 0.5) is 0 Å². The van der Waals surface area contributed by atoms with Crippen molar-refractivity contribution in [2.75, 3.05) is 0 Å². The Bertz CT molecular complexity index is 341. The van der Waals surface area contributed by atoms with Gasteiger partial charge in [-0.3, -0.25) is 4.79 Å². The third-order valence-electron chi connectivity index (χ3n) is 4.01. The predicted molar refractivity (Wildman–Crippen MR) is 73.6 cm³/mol. The molecule has 0 aromatic carbocycles. The van der Waals surface area contributed by atoms with E-state index in [2.05, 4.69) is 5.32 Å². The second-order valence-corrected chi connectivity index (χ2v) is 6.67. The molecule has 4 N–H and O–H groups in total. The summed E-state index contributed by atoms with van der Waals surface area (Å²) < 4.78 is 0. The van der Waals surface area contributed by atoms with E-state index in [1.807, 2.05) is 20.8 Å². The summed E-state index contributed by atoms with van der Waals surface area (Å²) in [6.07, 6.45) is 3.92. The molecule has 0 saturated heterocycles. The van der Waals surface area contributed by atoms with Crippen LogP contribution in [0.3, 0.4) is 0 Å². The first kappa shape index (κ1) is 16.0. The Hall–Kier alpha value is -1.10. The van der Waals surface area contributed by atoms with E-state index in [4.69, 9.17) is 5.73 Å². The number of rotatable bonds is 4. The second-order valence-electron chi connectivity index (χ2n) is 6.67. The van der Waals surface area contributed by atoms with Gasteiger partial charge in [0.2, 0.25) is 5.91 Å². The Kier molecular flexibility index (Phi) is 4.96. The van der Waals surface area contributed by atoms with Crippen molar-refractivity contribution in [2.45, 2.75) is 70.9 Å². The molecule has 5 heteroatoms. The number of amides is 1. The van der Waals surface area contributed by atoms with Crippen molar-refractivity contribution in [3.05, 3.63) is 0 Å². The van der Waals surface area contributed by atoms with E-state index in [-0.39, 0.29) is 23.8 Å². The van der Waals surface area contributed by atoms with Crippen molar-refractivity contribution in [2.24, 2.45) is 11.1 Å². The number of aliphatic carboxylic acids is 1. The zero-order chi connectivity index (χ0) is 14.7. The van der Waals surface area contributed by atoms with Crippen LogP contribution in [-0.2, 0) is 9.59 Å². The molecule has 0 aliphatic heterocycles. The molecule has 19 heavy (non-hydrogen) atoms. The molecule has 1 saturated carbocycles. The molecular formula is C14H26N2O3. The van der Waals surface area contributed by atoms with Crippen LogP contribution in [-0.4, -0.2) is 28.6 Å². The summed E-state index contributed by atoms with van der Waals surface area (Å²) in [5, 5.41) is 12.1. The second kappa shape index (κ2) is 5.90. The van der Waals surface area contributed by atoms with Crippen LogP contribution in [0.1, 0.15) is 59.3 Å². The molecule has 1 amide bonds. The lowest BCUT2D eigenvalue weighted by Crippen LogP contribution is -2.56. The summed E-state index contributed by atoms with van der Waals surface area (Å²) >= 11 is 0. The molecule has 1 unspecified atom stereocenters. The average Bonchev–Trinajstić information content (AvgIpc) is 2.28. The van der Waals surface area contributed by atoms with Gasteiger partial charge in [-0.2, -0.15) is 0 Å². The molecule has 1 rings (SSSR count). The van der Waals surface area contributed by atoms with Crippen LogP contribution in [0.15, 0.2) is 0 Å². The van der Waals surface area contributed by atoms with Crippen molar-refractivity contribution in [3.8, 4) is 0 Å². The zero-order valence-corrected chi connectivity index (χ0v) is 12.2. The maximum Gasteiger partial charge on any atom is 0.329 e. The number of hydrogen-bond donors (Lipinski definition) is 3. The quantitative estimate of drug-likeness (QED) is 0.724. The van der Waals surface area contributed by atoms with Gasteiger partial charge < -0.3 is 16.2 Å². The first-order valence-corrected chi connectivity index (χ1v) is 6.97. The van der Waals surface area contributed by atoms with Gasteiger partial charge in [0.05, 0.1) is 0 Å². The van der Waals surface area contributed by atoms with Crippen molar-refractivity contribution in [3.63, 3.8) is 0 Å². The molecule has 0 aromatic rings. The number of nitrogens with one attached hydrogen (secondary N) is 1. The van der Waals surface area contributed by atoms with Crippen LogP contribution >= 0.6 is 0 Å². The third-order valence-corrected chi connectivity index (χ3v) is 4.01. The van der Waals surface area contributed by atoms with E-state index >= 15 is 0 Å². The Morgan fingerprint density at radius 1 is 1.26 bits per heavy atom. The molecule has 1 fully saturated rings. The first-order valence-electron chi connectivity index (χ1n) is 6.97. The summed E-state index contributed by atoms with van der Waals surface area (Å²) in [6.45, 7) is 5.91. The maximum atomic E-state index is 12.0. The summed E-state index contributed by atoms with van der Waals surface area (Å²) in [5.74, 6) is -1.18. The van der Waals surface area contributed by atoms with Gasteiger partial charge in [0.15, 0.2) is 0 Å². The summed E-state index contributed by atoms with van der Waals surface area (Å²) in [7, 11) is 0. The van der Waals surface area contributed by atoms with Gasteiger partial charge >= 0.3 is 5.97 Å². The highest BCUT2D eigenvalue weighted by molar-refractivity contribution is 5.87. The minimum absolute atomic E-state index is 0.165. The van der Waals surface area contributed by atoms with Crippen molar-refractivity contribution in [1.82, 2.24) is 5.32 Å². The Balaban J connectivity index is 2.65. The smallest absolute Gasteiger partial charge is 0.329 e. The molecule has 5 nitrogen and oxygen atoms in total. The molecular weight excluding hydrogens is 244 g/mol. The Labute approximate surface area is 114 Å². The van der Waals surface area contributed by atoms with Gasteiger partial charge in [-0.05, 0) is 18.3 Å². The van der Waals surface area contributed by atoms with Crippen molar-refractivity contribution >= 4 is 11.9 Å². The maximum absolute atomic E-state index is 12.0. The monoisotopic (exact) mass is 270 g/mol. The largest absolute Gasteiger partial charge is 0.480 e. The Morgan fingerprint density at radius 2 is 1.79 bits per heavy atom. The van der Waals surface area contributed by atoms with E-state index in [0.29, 0.717) is 12.8 Å². The predicted octanol–water partition coefficient (Wildman–Crippen LogP) is 1.65. The normalized spacial score (nSPS) is 20.6. The molecule has 110 valence electrons. The van der Waals surface area contributed by atoms with Crippen LogP contribution in [0.2, 0.25) is 0 Å². The molecule has 1 aliphatic rings. The lowest BCUT2D eigenvalue weighted by atomic mass is 9.81. The van der Waals surface area contributed by atoms with Gasteiger partial charge in [0.25, 0.3) is 0 Å². The van der Waals surface area contributed by atoms with E-state index < -0.39 is 11.5 Å². The molecule has 0 radical (unpaired) electrons. The minimum atomic E-state index is -1.08. The van der Waals surface area contributed by atoms with E-state index in [1.54, 1.807) is 0 Å². The molecule has 0 aromatic heterocycles. The minimum Gasteiger partial charge on any atom is -0.480 e. The highest BCUT2D eigenvalue weighted by Gasteiger charge is 2.41. The fourth-order valence-electron chi connectivity index (χ4n) is 2.37. The van der Waals surface area contributed by atoms with Crippen LogP contribution in [0.5, 0.6) is 0 Å². The van der Waals surface area contributed by atoms with E-state index in [0.717, 1.165) is 19.3 Å². The van der Waals surface area contributed by atoms with Crippen molar-refractivity contribution < 1.29 is 14.7 Å². The van der Waals surface area contributed by atoms with Crippen molar-refractivity contribution in [1.29, 1.82) is 0 Å². The van der Waals surface area contributed by atoms with E-state index in [9.17, 15) is 14.7 Å². The number of carbonyl (C=O) groups excluding carboxylic acids is 1.